The second-order valence-electron chi connectivity index (χ2n) is 7.49. The molecule has 2 heterocycles. The third-order valence-electron chi connectivity index (χ3n) is 4.36. The van der Waals surface area contributed by atoms with Gasteiger partial charge in [-0.15, -0.1) is 11.3 Å². The molecule has 2 fully saturated rings. The number of carbonyl (C=O) groups excluding carboxylic acids is 1. The molecule has 1 saturated carbocycles. The molecule has 1 saturated heterocycles. The summed E-state index contributed by atoms with van der Waals surface area (Å²) in [6.45, 7) is 10.5. The molecule has 0 spiro atoms. The van der Waals surface area contributed by atoms with Crippen LogP contribution in [0.5, 0.6) is 0 Å². The first kappa shape index (κ1) is 15.9. The number of carbonyl (C=O) groups is 1. The van der Waals surface area contributed by atoms with Crippen LogP contribution < -0.4 is 0 Å². The number of hydrogen-bond acceptors (Lipinski definition) is 5. The minimum absolute atomic E-state index is 0.0733. The standard InChI is InChI=1S/C16H25N3O2S/c1-15(2,3)13-17-12(11-22-13)10-18-6-8-19(9-7-18)14(20)16(21)4-5-16/h11,21H,4-10H2,1-3H3. The summed E-state index contributed by atoms with van der Waals surface area (Å²) in [7, 11) is 0. The SMILES string of the molecule is CC(C)(C)c1nc(CN2CCN(C(=O)C3(O)CC3)CC2)cs1. The van der Waals surface area contributed by atoms with E-state index in [1.165, 1.54) is 5.01 Å². The Morgan fingerprint density at radius 3 is 2.45 bits per heavy atom. The highest BCUT2D eigenvalue weighted by atomic mass is 32.1. The maximum atomic E-state index is 12.1. The van der Waals surface area contributed by atoms with Crippen molar-refractivity contribution >= 4 is 17.2 Å². The van der Waals surface area contributed by atoms with Crippen molar-refractivity contribution < 1.29 is 9.90 Å². The topological polar surface area (TPSA) is 56.7 Å². The van der Waals surface area contributed by atoms with E-state index in [0.29, 0.717) is 25.9 Å². The average molecular weight is 323 g/mol. The molecule has 1 aromatic rings. The number of thiazole rings is 1. The lowest BCUT2D eigenvalue weighted by Crippen LogP contribution is -2.51. The first-order valence-corrected chi connectivity index (χ1v) is 8.85. The Morgan fingerprint density at radius 1 is 1.32 bits per heavy atom. The monoisotopic (exact) mass is 323 g/mol. The predicted molar refractivity (Wildman–Crippen MR) is 86.9 cm³/mol. The lowest BCUT2D eigenvalue weighted by Gasteiger charge is -2.35. The van der Waals surface area contributed by atoms with Crippen LogP contribution in [0.25, 0.3) is 0 Å². The van der Waals surface area contributed by atoms with Gasteiger partial charge in [0.1, 0.15) is 5.60 Å². The summed E-state index contributed by atoms with van der Waals surface area (Å²) in [6, 6.07) is 0. The highest BCUT2D eigenvalue weighted by Gasteiger charge is 2.50. The van der Waals surface area contributed by atoms with E-state index in [1.54, 1.807) is 11.3 Å². The van der Waals surface area contributed by atoms with E-state index in [0.717, 1.165) is 25.3 Å². The average Bonchev–Trinajstić information content (AvgIpc) is 3.02. The summed E-state index contributed by atoms with van der Waals surface area (Å²) < 4.78 is 0. The summed E-state index contributed by atoms with van der Waals surface area (Å²) in [5.41, 5.74) is 0.197. The van der Waals surface area contributed by atoms with Gasteiger partial charge in [0.05, 0.1) is 10.7 Å². The molecule has 1 aliphatic heterocycles. The molecule has 5 nitrogen and oxygen atoms in total. The number of rotatable bonds is 3. The van der Waals surface area contributed by atoms with E-state index < -0.39 is 5.60 Å². The molecule has 0 bridgehead atoms. The molecule has 1 amide bonds. The van der Waals surface area contributed by atoms with Crippen molar-refractivity contribution in [2.24, 2.45) is 0 Å². The van der Waals surface area contributed by atoms with Crippen molar-refractivity contribution in [3.63, 3.8) is 0 Å². The molecule has 1 aliphatic carbocycles. The van der Waals surface area contributed by atoms with Gasteiger partial charge < -0.3 is 10.0 Å². The smallest absolute Gasteiger partial charge is 0.254 e. The van der Waals surface area contributed by atoms with Crippen LogP contribution in [0.4, 0.5) is 0 Å². The van der Waals surface area contributed by atoms with Gasteiger partial charge >= 0.3 is 0 Å². The maximum absolute atomic E-state index is 12.1. The lowest BCUT2D eigenvalue weighted by molar-refractivity contribution is -0.144. The molecular weight excluding hydrogens is 298 g/mol. The van der Waals surface area contributed by atoms with Crippen LogP contribution in [-0.2, 0) is 16.8 Å². The number of hydrogen-bond donors (Lipinski definition) is 1. The van der Waals surface area contributed by atoms with Crippen LogP contribution in [0.2, 0.25) is 0 Å². The minimum atomic E-state index is -1.03. The molecule has 22 heavy (non-hydrogen) atoms. The fraction of sp³-hybridized carbons (Fsp3) is 0.750. The molecular formula is C16H25N3O2S. The first-order valence-electron chi connectivity index (χ1n) is 7.97. The Balaban J connectivity index is 1.52. The fourth-order valence-electron chi connectivity index (χ4n) is 2.69. The van der Waals surface area contributed by atoms with Crippen molar-refractivity contribution in [2.75, 3.05) is 26.2 Å². The van der Waals surface area contributed by atoms with Crippen LogP contribution in [0.3, 0.4) is 0 Å². The number of aliphatic hydroxyl groups is 1. The molecule has 0 unspecified atom stereocenters. The van der Waals surface area contributed by atoms with Gasteiger partial charge in [-0.3, -0.25) is 9.69 Å². The zero-order chi connectivity index (χ0) is 16.0. The van der Waals surface area contributed by atoms with Gasteiger partial charge in [-0.25, -0.2) is 4.98 Å². The summed E-state index contributed by atoms with van der Waals surface area (Å²) in [5, 5.41) is 13.2. The Hall–Kier alpha value is -0.980. The van der Waals surface area contributed by atoms with Crippen LogP contribution in [0, 0.1) is 0 Å². The fourth-order valence-corrected chi connectivity index (χ4v) is 3.59. The van der Waals surface area contributed by atoms with Crippen molar-refractivity contribution in [3.8, 4) is 0 Å². The van der Waals surface area contributed by atoms with Crippen molar-refractivity contribution in [1.29, 1.82) is 0 Å². The van der Waals surface area contributed by atoms with Crippen molar-refractivity contribution in [1.82, 2.24) is 14.8 Å². The van der Waals surface area contributed by atoms with E-state index >= 15 is 0 Å². The van der Waals surface area contributed by atoms with Gasteiger partial charge in [0.2, 0.25) is 0 Å². The zero-order valence-electron chi connectivity index (χ0n) is 13.6. The van der Waals surface area contributed by atoms with Crippen LogP contribution in [0.15, 0.2) is 5.38 Å². The van der Waals surface area contributed by atoms with Gasteiger partial charge in [-0.05, 0) is 12.8 Å². The van der Waals surface area contributed by atoms with Gasteiger partial charge in [-0.2, -0.15) is 0 Å². The van der Waals surface area contributed by atoms with E-state index in [9.17, 15) is 9.90 Å². The zero-order valence-corrected chi connectivity index (χ0v) is 14.4. The third-order valence-corrected chi connectivity index (χ3v) is 5.68. The number of amides is 1. The molecule has 1 N–H and O–H groups in total. The molecule has 3 rings (SSSR count). The van der Waals surface area contributed by atoms with E-state index in [-0.39, 0.29) is 11.3 Å². The lowest BCUT2D eigenvalue weighted by atomic mass is 9.98. The number of piperazine rings is 1. The van der Waals surface area contributed by atoms with Gasteiger partial charge in [0.25, 0.3) is 5.91 Å². The molecule has 0 atom stereocenters. The van der Waals surface area contributed by atoms with Crippen molar-refractivity contribution in [2.45, 2.75) is 51.2 Å². The quantitative estimate of drug-likeness (QED) is 0.918. The third kappa shape index (κ3) is 3.34. The maximum Gasteiger partial charge on any atom is 0.254 e. The summed E-state index contributed by atoms with van der Waals surface area (Å²) >= 11 is 1.73. The van der Waals surface area contributed by atoms with Gasteiger partial charge in [0, 0.05) is 43.5 Å². The minimum Gasteiger partial charge on any atom is -0.380 e. The Kier molecular flexibility index (Phi) is 4.03. The van der Waals surface area contributed by atoms with Crippen LogP contribution in [-0.4, -0.2) is 57.6 Å². The summed E-state index contributed by atoms with van der Waals surface area (Å²) in [4.78, 5) is 21.0. The predicted octanol–water partition coefficient (Wildman–Crippen LogP) is 1.61. The molecule has 1 aromatic heterocycles. The molecule has 0 aromatic carbocycles. The highest BCUT2D eigenvalue weighted by molar-refractivity contribution is 7.09. The van der Waals surface area contributed by atoms with Crippen LogP contribution >= 0.6 is 11.3 Å². The Morgan fingerprint density at radius 2 is 1.95 bits per heavy atom. The first-order chi connectivity index (χ1) is 10.3. The normalized spacial score (nSPS) is 21.9. The van der Waals surface area contributed by atoms with E-state index in [2.05, 4.69) is 31.1 Å². The number of aromatic nitrogens is 1. The second-order valence-corrected chi connectivity index (χ2v) is 8.35. The number of nitrogens with zero attached hydrogens (tertiary/aromatic N) is 3. The molecule has 2 aliphatic rings. The van der Waals surface area contributed by atoms with E-state index in [1.807, 2.05) is 4.90 Å². The van der Waals surface area contributed by atoms with Crippen LogP contribution in [0.1, 0.15) is 44.3 Å². The second kappa shape index (κ2) is 5.58. The van der Waals surface area contributed by atoms with Gasteiger partial charge in [-0.1, -0.05) is 20.8 Å². The Bertz CT molecular complexity index is 552. The van der Waals surface area contributed by atoms with Gasteiger partial charge in [0.15, 0.2) is 0 Å². The van der Waals surface area contributed by atoms with Crippen molar-refractivity contribution in [3.05, 3.63) is 16.1 Å². The highest BCUT2D eigenvalue weighted by Crippen LogP contribution is 2.37. The summed E-state index contributed by atoms with van der Waals surface area (Å²) in [5.74, 6) is -0.0733. The van der Waals surface area contributed by atoms with E-state index in [4.69, 9.17) is 4.98 Å². The molecule has 6 heteroatoms. The molecule has 0 radical (unpaired) electrons. The largest absolute Gasteiger partial charge is 0.380 e. The summed E-state index contributed by atoms with van der Waals surface area (Å²) in [6.07, 6.45) is 1.25. The Labute approximate surface area is 135 Å². The molecule has 122 valence electrons.